The minimum Gasteiger partial charge on any atom is -0.394 e. The standard InChI is InChI=1S/C23H22N6O2/c1-28-14-17(12-26-28)16-9-18-19(13-25-23(18)24-11-16)21-10-20(27-29(21)7-8-30)22(31)15-5-3-2-4-6-15/h2-6,9-14,22,30-31H,7-8H2,1H3,(H,24,25). The summed E-state index contributed by atoms with van der Waals surface area (Å²) in [5.41, 5.74) is 5.69. The lowest BCUT2D eigenvalue weighted by Gasteiger charge is -2.07. The summed E-state index contributed by atoms with van der Waals surface area (Å²) >= 11 is 0. The highest BCUT2D eigenvalue weighted by Gasteiger charge is 2.20. The van der Waals surface area contributed by atoms with Crippen LogP contribution in [0.15, 0.2) is 67.3 Å². The van der Waals surface area contributed by atoms with Crippen molar-refractivity contribution in [2.75, 3.05) is 6.61 Å². The molecule has 3 N–H and O–H groups in total. The van der Waals surface area contributed by atoms with Gasteiger partial charge in [0.2, 0.25) is 0 Å². The second-order valence-corrected chi connectivity index (χ2v) is 7.44. The molecule has 0 amide bonds. The number of rotatable bonds is 6. The van der Waals surface area contributed by atoms with E-state index >= 15 is 0 Å². The number of aliphatic hydroxyl groups is 2. The fraction of sp³-hybridized carbons (Fsp3) is 0.174. The lowest BCUT2D eigenvalue weighted by atomic mass is 10.0. The molecule has 5 rings (SSSR count). The molecule has 0 aliphatic heterocycles. The molecule has 0 fully saturated rings. The van der Waals surface area contributed by atoms with Crippen LogP contribution in [0.1, 0.15) is 17.4 Å². The quantitative estimate of drug-likeness (QED) is 0.396. The third-order valence-electron chi connectivity index (χ3n) is 5.35. The number of pyridine rings is 1. The van der Waals surface area contributed by atoms with E-state index in [9.17, 15) is 10.2 Å². The van der Waals surface area contributed by atoms with Crippen molar-refractivity contribution in [2.45, 2.75) is 12.6 Å². The molecule has 1 atom stereocenters. The SMILES string of the molecule is Cn1cc(-c2cnc3[nH]cc(-c4cc(C(O)c5ccccc5)nn4CCO)c3c2)cn1. The minimum absolute atomic E-state index is 0.0584. The van der Waals surface area contributed by atoms with Gasteiger partial charge in [-0.05, 0) is 17.7 Å². The van der Waals surface area contributed by atoms with Gasteiger partial charge in [0, 0.05) is 47.7 Å². The minimum atomic E-state index is -0.853. The molecular formula is C23H22N6O2. The van der Waals surface area contributed by atoms with Gasteiger partial charge in [0.1, 0.15) is 11.8 Å². The number of aromatic amines is 1. The lowest BCUT2D eigenvalue weighted by molar-refractivity contribution is 0.212. The molecular weight excluding hydrogens is 392 g/mol. The maximum Gasteiger partial charge on any atom is 0.137 e. The van der Waals surface area contributed by atoms with Gasteiger partial charge >= 0.3 is 0 Å². The maximum atomic E-state index is 10.8. The van der Waals surface area contributed by atoms with E-state index in [0.29, 0.717) is 12.2 Å². The number of benzene rings is 1. The molecule has 4 heterocycles. The van der Waals surface area contributed by atoms with Crippen LogP contribution in [-0.4, -0.2) is 46.3 Å². The highest BCUT2D eigenvalue weighted by molar-refractivity contribution is 5.95. The third kappa shape index (κ3) is 3.52. The van der Waals surface area contributed by atoms with Crippen molar-refractivity contribution in [2.24, 2.45) is 7.05 Å². The zero-order valence-electron chi connectivity index (χ0n) is 17.0. The normalized spacial score (nSPS) is 12.5. The molecule has 8 heteroatoms. The van der Waals surface area contributed by atoms with E-state index in [1.54, 1.807) is 15.6 Å². The number of nitrogens with zero attached hydrogens (tertiary/aromatic N) is 5. The number of nitrogens with one attached hydrogen (secondary N) is 1. The van der Waals surface area contributed by atoms with Crippen molar-refractivity contribution < 1.29 is 10.2 Å². The van der Waals surface area contributed by atoms with Gasteiger partial charge in [-0.15, -0.1) is 0 Å². The number of aliphatic hydroxyl groups excluding tert-OH is 2. The molecule has 8 nitrogen and oxygen atoms in total. The molecule has 0 bridgehead atoms. The van der Waals surface area contributed by atoms with E-state index in [2.05, 4.69) is 26.2 Å². The van der Waals surface area contributed by atoms with Gasteiger partial charge in [-0.25, -0.2) is 4.98 Å². The van der Waals surface area contributed by atoms with E-state index in [1.807, 2.05) is 62.0 Å². The number of aryl methyl sites for hydroxylation is 1. The van der Waals surface area contributed by atoms with Gasteiger partial charge in [-0.1, -0.05) is 30.3 Å². The topological polar surface area (TPSA) is 105 Å². The summed E-state index contributed by atoms with van der Waals surface area (Å²) in [5, 5.41) is 30.2. The summed E-state index contributed by atoms with van der Waals surface area (Å²) in [6, 6.07) is 13.3. The first-order chi connectivity index (χ1) is 15.1. The first-order valence-corrected chi connectivity index (χ1v) is 10.0. The van der Waals surface area contributed by atoms with Crippen LogP contribution in [0.3, 0.4) is 0 Å². The van der Waals surface area contributed by atoms with Crippen LogP contribution in [0.4, 0.5) is 0 Å². The fourth-order valence-corrected chi connectivity index (χ4v) is 3.80. The smallest absolute Gasteiger partial charge is 0.137 e. The van der Waals surface area contributed by atoms with Crippen LogP contribution >= 0.6 is 0 Å². The average molecular weight is 414 g/mol. The van der Waals surface area contributed by atoms with E-state index < -0.39 is 6.10 Å². The molecule has 31 heavy (non-hydrogen) atoms. The molecule has 0 radical (unpaired) electrons. The lowest BCUT2D eigenvalue weighted by Crippen LogP contribution is -2.07. The highest BCUT2D eigenvalue weighted by atomic mass is 16.3. The second kappa shape index (κ2) is 7.82. The molecule has 0 aliphatic rings. The first-order valence-electron chi connectivity index (χ1n) is 10.0. The van der Waals surface area contributed by atoms with Gasteiger partial charge in [0.05, 0.1) is 30.7 Å². The van der Waals surface area contributed by atoms with Crippen molar-refractivity contribution in [3.8, 4) is 22.4 Å². The largest absolute Gasteiger partial charge is 0.394 e. The molecule has 5 aromatic rings. The number of hydrogen-bond acceptors (Lipinski definition) is 5. The Bertz CT molecular complexity index is 1330. The van der Waals surface area contributed by atoms with Crippen LogP contribution in [0.5, 0.6) is 0 Å². The van der Waals surface area contributed by atoms with Gasteiger partial charge in [0.25, 0.3) is 0 Å². The number of aromatic nitrogens is 6. The number of hydrogen-bond donors (Lipinski definition) is 3. The number of H-pyrrole nitrogens is 1. The highest BCUT2D eigenvalue weighted by Crippen LogP contribution is 2.33. The summed E-state index contributed by atoms with van der Waals surface area (Å²) in [5.74, 6) is 0. The second-order valence-electron chi connectivity index (χ2n) is 7.44. The van der Waals surface area contributed by atoms with Crippen molar-refractivity contribution >= 4 is 11.0 Å². The van der Waals surface area contributed by atoms with Crippen molar-refractivity contribution in [1.82, 2.24) is 29.5 Å². The van der Waals surface area contributed by atoms with Crippen LogP contribution in [0, 0.1) is 0 Å². The molecule has 0 saturated carbocycles. The first kappa shape index (κ1) is 19.2. The summed E-state index contributed by atoms with van der Waals surface area (Å²) < 4.78 is 3.48. The Hall–Kier alpha value is -3.75. The zero-order chi connectivity index (χ0) is 21.4. The zero-order valence-corrected chi connectivity index (χ0v) is 17.0. The summed E-state index contributed by atoms with van der Waals surface area (Å²) in [7, 11) is 1.88. The Morgan fingerprint density at radius 2 is 1.94 bits per heavy atom. The van der Waals surface area contributed by atoms with Crippen molar-refractivity contribution in [1.29, 1.82) is 0 Å². The molecule has 0 saturated heterocycles. The third-order valence-corrected chi connectivity index (χ3v) is 5.35. The van der Waals surface area contributed by atoms with Crippen LogP contribution in [-0.2, 0) is 13.6 Å². The van der Waals surface area contributed by atoms with E-state index in [1.165, 1.54) is 0 Å². The van der Waals surface area contributed by atoms with Crippen molar-refractivity contribution in [3.63, 3.8) is 0 Å². The average Bonchev–Trinajstić information content (AvgIpc) is 3.52. The van der Waals surface area contributed by atoms with Gasteiger partial charge in [0.15, 0.2) is 0 Å². The van der Waals surface area contributed by atoms with E-state index in [4.69, 9.17) is 0 Å². The molecule has 0 aliphatic carbocycles. The Morgan fingerprint density at radius 1 is 1.10 bits per heavy atom. The van der Waals surface area contributed by atoms with Crippen LogP contribution in [0.25, 0.3) is 33.4 Å². The Kier molecular flexibility index (Phi) is 4.85. The number of fused-ring (bicyclic) bond motifs is 1. The molecule has 156 valence electrons. The Labute approximate surface area is 178 Å². The molecule has 4 aromatic heterocycles. The summed E-state index contributed by atoms with van der Waals surface area (Å²) in [4.78, 5) is 7.77. The monoisotopic (exact) mass is 414 g/mol. The van der Waals surface area contributed by atoms with Crippen LogP contribution in [0.2, 0.25) is 0 Å². The predicted molar refractivity (Wildman–Crippen MR) is 117 cm³/mol. The molecule has 1 unspecified atom stereocenters. The Balaban J connectivity index is 1.61. The fourth-order valence-electron chi connectivity index (χ4n) is 3.80. The summed E-state index contributed by atoms with van der Waals surface area (Å²) in [6.07, 6.45) is 6.59. The van der Waals surface area contributed by atoms with Gasteiger partial charge in [-0.2, -0.15) is 10.2 Å². The molecule has 1 aromatic carbocycles. The van der Waals surface area contributed by atoms with E-state index in [0.717, 1.165) is 39.0 Å². The van der Waals surface area contributed by atoms with E-state index in [-0.39, 0.29) is 6.61 Å². The van der Waals surface area contributed by atoms with Gasteiger partial charge in [-0.3, -0.25) is 9.36 Å². The summed E-state index contributed by atoms with van der Waals surface area (Å²) in [6.45, 7) is 0.260. The predicted octanol–water partition coefficient (Wildman–Crippen LogP) is 2.90. The van der Waals surface area contributed by atoms with Crippen molar-refractivity contribution in [3.05, 3.63) is 78.5 Å². The van der Waals surface area contributed by atoms with Crippen LogP contribution < -0.4 is 0 Å². The Morgan fingerprint density at radius 3 is 2.68 bits per heavy atom. The van der Waals surface area contributed by atoms with Gasteiger partial charge < -0.3 is 15.2 Å². The maximum absolute atomic E-state index is 10.8. The molecule has 0 spiro atoms.